The van der Waals surface area contributed by atoms with E-state index in [1.165, 1.54) is 12.0 Å². The molecule has 1 amide bonds. The lowest BCUT2D eigenvalue weighted by Crippen LogP contribution is -2.29. The summed E-state index contributed by atoms with van der Waals surface area (Å²) in [5, 5.41) is 0. The lowest BCUT2D eigenvalue weighted by atomic mass is 10.1. The van der Waals surface area contributed by atoms with Gasteiger partial charge in [-0.3, -0.25) is 4.79 Å². The fourth-order valence-electron chi connectivity index (χ4n) is 1.84. The van der Waals surface area contributed by atoms with Gasteiger partial charge < -0.3 is 9.64 Å². The highest BCUT2D eigenvalue weighted by atomic mass is 16.5. The molecule has 1 aliphatic rings. The topological polar surface area (TPSA) is 46.6 Å². The van der Waals surface area contributed by atoms with E-state index >= 15 is 0 Å². The predicted octanol–water partition coefficient (Wildman–Crippen LogP) is 0.986. The van der Waals surface area contributed by atoms with Gasteiger partial charge in [-0.15, -0.1) is 0 Å². The molecule has 0 spiro atoms. The fourth-order valence-corrected chi connectivity index (χ4v) is 1.84. The summed E-state index contributed by atoms with van der Waals surface area (Å²) in [6.45, 7) is 0. The molecule has 0 saturated carbocycles. The number of amides is 1. The number of fused-ring (bicyclic) bond motifs is 1. The minimum Gasteiger partial charge on any atom is -0.467 e. The predicted molar refractivity (Wildman–Crippen MR) is 53.3 cm³/mol. The zero-order valence-corrected chi connectivity index (χ0v) is 8.56. The van der Waals surface area contributed by atoms with E-state index < -0.39 is 12.0 Å². The van der Waals surface area contributed by atoms with Crippen molar-refractivity contribution < 1.29 is 14.3 Å². The maximum atomic E-state index is 11.7. The minimum absolute atomic E-state index is 0.138. The zero-order chi connectivity index (χ0) is 11.0. The van der Waals surface area contributed by atoms with Gasteiger partial charge in [-0.25, -0.2) is 4.79 Å². The third-order valence-corrected chi connectivity index (χ3v) is 2.62. The molecule has 0 aliphatic carbocycles. The smallest absolute Gasteiger partial charge is 0.333 e. The Labute approximate surface area is 87.4 Å². The summed E-state index contributed by atoms with van der Waals surface area (Å²) in [6, 6.07) is 6.49. The van der Waals surface area contributed by atoms with Crippen molar-refractivity contribution in [3.05, 3.63) is 35.4 Å². The molecule has 1 heterocycles. The standard InChI is InChI=1S/C11H11NO3/c1-12-9(11(14)15-2)7-5-3-4-6-8(7)10(12)13/h3-6,9H,1-2H3/t9-/m0/s1. The van der Waals surface area contributed by atoms with Gasteiger partial charge in [-0.05, 0) is 11.6 Å². The number of methoxy groups -OCH3 is 1. The number of carbonyl (C=O) groups excluding carboxylic acids is 2. The van der Waals surface area contributed by atoms with Crippen LogP contribution < -0.4 is 0 Å². The van der Waals surface area contributed by atoms with Crippen LogP contribution in [0.5, 0.6) is 0 Å². The highest BCUT2D eigenvalue weighted by Gasteiger charge is 2.39. The zero-order valence-electron chi connectivity index (χ0n) is 8.56. The molecule has 1 aromatic rings. The van der Waals surface area contributed by atoms with Crippen molar-refractivity contribution in [2.75, 3.05) is 14.2 Å². The van der Waals surface area contributed by atoms with E-state index in [0.717, 1.165) is 5.56 Å². The molecule has 4 nitrogen and oxygen atoms in total. The SMILES string of the molecule is COC(=O)[C@@H]1c2ccccc2C(=O)N1C. The van der Waals surface area contributed by atoms with Crippen LogP contribution in [0.2, 0.25) is 0 Å². The Morgan fingerprint density at radius 2 is 2.07 bits per heavy atom. The Bertz CT molecular complexity index is 428. The third-order valence-electron chi connectivity index (χ3n) is 2.62. The first-order valence-corrected chi connectivity index (χ1v) is 4.60. The molecule has 0 saturated heterocycles. The maximum absolute atomic E-state index is 11.7. The number of hydrogen-bond acceptors (Lipinski definition) is 3. The van der Waals surface area contributed by atoms with Crippen LogP contribution in [0.15, 0.2) is 24.3 Å². The molecule has 0 radical (unpaired) electrons. The normalized spacial score (nSPS) is 18.9. The van der Waals surface area contributed by atoms with Gasteiger partial charge in [0.2, 0.25) is 0 Å². The molecule has 0 unspecified atom stereocenters. The highest BCUT2D eigenvalue weighted by Crippen LogP contribution is 2.32. The van der Waals surface area contributed by atoms with Gasteiger partial charge in [-0.2, -0.15) is 0 Å². The summed E-state index contributed by atoms with van der Waals surface area (Å²) in [5.74, 6) is -0.545. The third kappa shape index (κ3) is 1.29. The first kappa shape index (κ1) is 9.71. The Morgan fingerprint density at radius 3 is 2.73 bits per heavy atom. The van der Waals surface area contributed by atoms with Crippen molar-refractivity contribution in [3.8, 4) is 0 Å². The van der Waals surface area contributed by atoms with Crippen LogP contribution in [0.3, 0.4) is 0 Å². The van der Waals surface area contributed by atoms with E-state index in [-0.39, 0.29) is 5.91 Å². The van der Waals surface area contributed by atoms with E-state index in [9.17, 15) is 9.59 Å². The van der Waals surface area contributed by atoms with Crippen LogP contribution in [0, 0.1) is 0 Å². The minimum atomic E-state index is -0.598. The first-order valence-electron chi connectivity index (χ1n) is 4.60. The van der Waals surface area contributed by atoms with Crippen molar-refractivity contribution in [2.24, 2.45) is 0 Å². The lowest BCUT2D eigenvalue weighted by molar-refractivity contribution is -0.145. The number of benzene rings is 1. The Balaban J connectivity index is 2.51. The maximum Gasteiger partial charge on any atom is 0.333 e. The number of hydrogen-bond donors (Lipinski definition) is 0. The molecular formula is C11H11NO3. The molecule has 1 atom stereocenters. The summed E-state index contributed by atoms with van der Waals surface area (Å²) in [7, 11) is 2.92. The monoisotopic (exact) mass is 205 g/mol. The molecule has 1 aromatic carbocycles. The van der Waals surface area contributed by atoms with Crippen LogP contribution >= 0.6 is 0 Å². The lowest BCUT2D eigenvalue weighted by Gasteiger charge is -2.17. The molecule has 0 fully saturated rings. The van der Waals surface area contributed by atoms with Crippen molar-refractivity contribution in [1.82, 2.24) is 4.90 Å². The van der Waals surface area contributed by atoms with Gasteiger partial charge in [0, 0.05) is 12.6 Å². The molecule has 0 aromatic heterocycles. The number of carbonyl (C=O) groups is 2. The molecule has 15 heavy (non-hydrogen) atoms. The second-order valence-electron chi connectivity index (χ2n) is 3.43. The van der Waals surface area contributed by atoms with Gasteiger partial charge in [0.1, 0.15) is 0 Å². The number of nitrogens with zero attached hydrogens (tertiary/aromatic N) is 1. The van der Waals surface area contributed by atoms with Crippen molar-refractivity contribution in [1.29, 1.82) is 0 Å². The molecule has 2 rings (SSSR count). The van der Waals surface area contributed by atoms with Gasteiger partial charge in [0.25, 0.3) is 5.91 Å². The average Bonchev–Trinajstić information content (AvgIpc) is 2.52. The van der Waals surface area contributed by atoms with E-state index in [1.54, 1.807) is 31.3 Å². The van der Waals surface area contributed by atoms with Gasteiger partial charge in [-0.1, -0.05) is 18.2 Å². The van der Waals surface area contributed by atoms with Crippen LogP contribution in [0.1, 0.15) is 22.0 Å². The summed E-state index contributed by atoms with van der Waals surface area (Å²) in [5.41, 5.74) is 1.30. The van der Waals surface area contributed by atoms with Gasteiger partial charge >= 0.3 is 5.97 Å². The van der Waals surface area contributed by atoms with E-state index in [0.29, 0.717) is 5.56 Å². The van der Waals surface area contributed by atoms with Crippen LogP contribution in [0.4, 0.5) is 0 Å². The second-order valence-corrected chi connectivity index (χ2v) is 3.43. The van der Waals surface area contributed by atoms with E-state index in [1.807, 2.05) is 0 Å². The van der Waals surface area contributed by atoms with Crippen LogP contribution in [0.25, 0.3) is 0 Å². The number of likely N-dealkylation sites (N-methyl/N-ethyl adjacent to an activating group) is 1. The largest absolute Gasteiger partial charge is 0.467 e. The first-order chi connectivity index (χ1) is 7.16. The quantitative estimate of drug-likeness (QED) is 0.642. The summed E-state index contributed by atoms with van der Waals surface area (Å²) in [6.07, 6.45) is 0. The van der Waals surface area contributed by atoms with Crippen LogP contribution in [-0.4, -0.2) is 30.9 Å². The summed E-state index contributed by atoms with van der Waals surface area (Å²) < 4.78 is 4.68. The Morgan fingerprint density at radius 1 is 1.40 bits per heavy atom. The van der Waals surface area contributed by atoms with Crippen molar-refractivity contribution in [3.63, 3.8) is 0 Å². The molecule has 0 bridgehead atoms. The molecular weight excluding hydrogens is 194 g/mol. The fraction of sp³-hybridized carbons (Fsp3) is 0.273. The number of rotatable bonds is 1. The van der Waals surface area contributed by atoms with Gasteiger partial charge in [0.15, 0.2) is 6.04 Å². The molecule has 0 N–H and O–H groups in total. The highest BCUT2D eigenvalue weighted by molar-refractivity contribution is 6.03. The van der Waals surface area contributed by atoms with Crippen molar-refractivity contribution in [2.45, 2.75) is 6.04 Å². The molecule has 1 aliphatic heterocycles. The molecule has 4 heteroatoms. The average molecular weight is 205 g/mol. The second kappa shape index (κ2) is 3.38. The number of esters is 1. The van der Waals surface area contributed by atoms with Crippen LogP contribution in [-0.2, 0) is 9.53 Å². The summed E-state index contributed by atoms with van der Waals surface area (Å²) >= 11 is 0. The van der Waals surface area contributed by atoms with Crippen molar-refractivity contribution >= 4 is 11.9 Å². The van der Waals surface area contributed by atoms with E-state index in [2.05, 4.69) is 4.74 Å². The van der Waals surface area contributed by atoms with E-state index in [4.69, 9.17) is 0 Å². The Hall–Kier alpha value is -1.84. The van der Waals surface area contributed by atoms with Gasteiger partial charge in [0.05, 0.1) is 7.11 Å². The Kier molecular flexibility index (Phi) is 2.19. The summed E-state index contributed by atoms with van der Waals surface area (Å²) in [4.78, 5) is 24.7. The number of ether oxygens (including phenoxy) is 1. The molecule has 78 valence electrons.